The molecule has 0 radical (unpaired) electrons. The number of carboxylic acid groups (broad SMARTS) is 1. The summed E-state index contributed by atoms with van der Waals surface area (Å²) in [7, 11) is 0. The minimum Gasteiger partial charge on any atom is -0.487 e. The minimum atomic E-state index is -1.03. The van der Waals surface area contributed by atoms with Crippen LogP contribution in [0.2, 0.25) is 5.02 Å². The molecule has 2 aromatic heterocycles. The van der Waals surface area contributed by atoms with Crippen LogP contribution >= 0.6 is 22.9 Å². The lowest BCUT2D eigenvalue weighted by Gasteiger charge is -2.11. The van der Waals surface area contributed by atoms with E-state index < -0.39 is 6.09 Å². The van der Waals surface area contributed by atoms with Gasteiger partial charge in [-0.15, -0.1) is 11.3 Å². The number of anilines is 2. The third kappa shape index (κ3) is 6.27. The van der Waals surface area contributed by atoms with Crippen molar-refractivity contribution >= 4 is 50.8 Å². The third-order valence-corrected chi connectivity index (χ3v) is 6.89. The van der Waals surface area contributed by atoms with Gasteiger partial charge in [-0.1, -0.05) is 35.6 Å². The van der Waals surface area contributed by atoms with Crippen molar-refractivity contribution in [2.24, 2.45) is 0 Å². The van der Waals surface area contributed by atoms with Gasteiger partial charge < -0.3 is 25.8 Å². The van der Waals surface area contributed by atoms with Crippen LogP contribution in [-0.4, -0.2) is 39.8 Å². The van der Waals surface area contributed by atoms with Crippen LogP contribution in [0.25, 0.3) is 10.2 Å². The molecule has 37 heavy (non-hydrogen) atoms. The first kappa shape index (κ1) is 24.8. The Morgan fingerprint density at radius 2 is 2.16 bits per heavy atom. The molecule has 2 atom stereocenters. The number of fused-ring (bicyclic) bond motifs is 1. The van der Waals surface area contributed by atoms with E-state index in [1.54, 1.807) is 24.3 Å². The van der Waals surface area contributed by atoms with Gasteiger partial charge in [-0.05, 0) is 48.4 Å². The molecule has 3 heterocycles. The number of halogens is 2. The summed E-state index contributed by atoms with van der Waals surface area (Å²) < 4.78 is 19.1. The molecule has 1 aliphatic rings. The Kier molecular flexibility index (Phi) is 7.37. The fourth-order valence-corrected chi connectivity index (χ4v) is 5.02. The van der Waals surface area contributed by atoms with Gasteiger partial charge >= 0.3 is 6.09 Å². The van der Waals surface area contributed by atoms with Crippen LogP contribution in [0.15, 0.2) is 54.9 Å². The van der Waals surface area contributed by atoms with E-state index in [2.05, 4.69) is 37.8 Å². The lowest BCUT2D eigenvalue weighted by atomic mass is 10.2. The van der Waals surface area contributed by atoms with Gasteiger partial charge in [0.2, 0.25) is 0 Å². The molecule has 1 saturated heterocycles. The van der Waals surface area contributed by atoms with Gasteiger partial charge in [-0.25, -0.2) is 19.2 Å². The lowest BCUT2D eigenvalue weighted by Crippen LogP contribution is -2.34. The first-order chi connectivity index (χ1) is 17.9. The molecule has 0 unspecified atom stereocenters. The summed E-state index contributed by atoms with van der Waals surface area (Å²) in [6, 6.07) is 13.2. The Balaban J connectivity index is 1.27. The second-order valence-electron chi connectivity index (χ2n) is 8.35. The monoisotopic (exact) mass is 537 g/mol. The molecular weight excluding hydrogens is 517 g/mol. The number of rotatable bonds is 6. The van der Waals surface area contributed by atoms with Gasteiger partial charge in [0, 0.05) is 18.3 Å². The second-order valence-corrected chi connectivity index (χ2v) is 9.79. The summed E-state index contributed by atoms with van der Waals surface area (Å²) in [4.78, 5) is 21.2. The van der Waals surface area contributed by atoms with Gasteiger partial charge in [0.1, 0.15) is 35.1 Å². The van der Waals surface area contributed by atoms with Crippen LogP contribution in [-0.2, 0) is 6.61 Å². The average Bonchev–Trinajstić information content (AvgIpc) is 3.49. The Morgan fingerprint density at radius 1 is 1.27 bits per heavy atom. The highest BCUT2D eigenvalue weighted by atomic mass is 35.5. The normalized spacial score (nSPS) is 16.7. The zero-order chi connectivity index (χ0) is 25.8. The molecule has 1 aliphatic heterocycles. The summed E-state index contributed by atoms with van der Waals surface area (Å²) in [5.41, 5.74) is 1.42. The number of hydrogen-bond donors (Lipinski definition) is 4. The summed E-state index contributed by atoms with van der Waals surface area (Å²) in [5, 5.41) is 19.1. The van der Waals surface area contributed by atoms with E-state index in [0.29, 0.717) is 40.8 Å². The van der Waals surface area contributed by atoms with Crippen molar-refractivity contribution < 1.29 is 19.0 Å². The summed E-state index contributed by atoms with van der Waals surface area (Å²) in [6.45, 7) is 0.747. The van der Waals surface area contributed by atoms with Crippen molar-refractivity contribution in [2.45, 2.75) is 25.1 Å². The number of ether oxygens (including phenoxy) is 1. The Hall–Kier alpha value is -3.91. The van der Waals surface area contributed by atoms with E-state index in [-0.39, 0.29) is 24.5 Å². The molecular formula is C26H21ClFN5O3S. The largest absolute Gasteiger partial charge is 0.487 e. The topological polar surface area (TPSA) is 108 Å². The molecule has 1 amide bonds. The predicted octanol–water partition coefficient (Wildman–Crippen LogP) is 5.16. The molecule has 5 rings (SSSR count). The average molecular weight is 538 g/mol. The molecule has 11 heteroatoms. The molecule has 8 nitrogen and oxygen atoms in total. The minimum absolute atomic E-state index is 0.0884. The number of aromatic nitrogens is 2. The molecule has 0 spiro atoms. The maximum absolute atomic E-state index is 13.4. The van der Waals surface area contributed by atoms with Gasteiger partial charge in [0.25, 0.3) is 0 Å². The fourth-order valence-electron chi connectivity index (χ4n) is 3.93. The summed E-state index contributed by atoms with van der Waals surface area (Å²) in [5.74, 6) is 7.11. The first-order valence-electron chi connectivity index (χ1n) is 11.4. The standard InChI is InChI=1S/C26H21ClFN5O3S/c27-22-10-18(5-7-23(22)36-13-15-2-1-3-16(28)8-15)32-24-21-11-20(37-25(21)31-14-30-24)6-4-17-9-19(12-29-17)33-26(34)35/h1-3,5,7-8,10-11,14,17,19,29,33H,9,12-13H2,(H,34,35)(H,30,31,32)/t17-,19-/m0/s1. The third-order valence-electron chi connectivity index (χ3n) is 5.64. The molecule has 4 aromatic rings. The molecule has 1 fully saturated rings. The maximum Gasteiger partial charge on any atom is 0.404 e. The molecule has 2 aromatic carbocycles. The SMILES string of the molecule is O=C(O)N[C@@H]1CN[C@@H](C#Cc2cc3c(Nc4ccc(OCc5cccc(F)c5)c(Cl)c4)ncnc3s2)C1. The van der Waals surface area contributed by atoms with Gasteiger partial charge in [0.05, 0.1) is 21.3 Å². The molecule has 0 aliphatic carbocycles. The van der Waals surface area contributed by atoms with Crippen LogP contribution in [0.3, 0.4) is 0 Å². The smallest absolute Gasteiger partial charge is 0.404 e. The first-order valence-corrected chi connectivity index (χ1v) is 12.5. The van der Waals surface area contributed by atoms with E-state index in [4.69, 9.17) is 21.4 Å². The second kappa shape index (κ2) is 11.0. The number of thiophene rings is 1. The number of amides is 1. The predicted molar refractivity (Wildman–Crippen MR) is 141 cm³/mol. The van der Waals surface area contributed by atoms with Crippen molar-refractivity contribution in [3.8, 4) is 17.6 Å². The van der Waals surface area contributed by atoms with E-state index >= 15 is 0 Å². The van der Waals surface area contributed by atoms with Crippen LogP contribution in [0.5, 0.6) is 5.75 Å². The van der Waals surface area contributed by atoms with Gasteiger partial charge in [0.15, 0.2) is 0 Å². The molecule has 0 saturated carbocycles. The Morgan fingerprint density at radius 3 is 2.97 bits per heavy atom. The van der Waals surface area contributed by atoms with Crippen LogP contribution in [0.4, 0.5) is 20.7 Å². The zero-order valence-electron chi connectivity index (χ0n) is 19.3. The maximum atomic E-state index is 13.4. The number of nitrogens with zero attached hydrogens (tertiary/aromatic N) is 2. The Bertz CT molecular complexity index is 1520. The van der Waals surface area contributed by atoms with E-state index in [1.807, 2.05) is 12.1 Å². The highest BCUT2D eigenvalue weighted by Crippen LogP contribution is 2.33. The number of hydrogen-bond acceptors (Lipinski definition) is 7. The van der Waals surface area contributed by atoms with Crippen molar-refractivity contribution in [2.75, 3.05) is 11.9 Å². The lowest BCUT2D eigenvalue weighted by molar-refractivity contribution is 0.190. The highest BCUT2D eigenvalue weighted by molar-refractivity contribution is 7.19. The van der Waals surface area contributed by atoms with Gasteiger partial charge in [-0.2, -0.15) is 0 Å². The fraction of sp³-hybridized carbons (Fsp3) is 0.192. The van der Waals surface area contributed by atoms with Crippen molar-refractivity contribution in [1.29, 1.82) is 0 Å². The van der Waals surface area contributed by atoms with Crippen molar-refractivity contribution in [1.82, 2.24) is 20.6 Å². The summed E-state index contributed by atoms with van der Waals surface area (Å²) >= 11 is 7.88. The molecule has 4 N–H and O–H groups in total. The Labute approximate surface area is 220 Å². The van der Waals surface area contributed by atoms with Crippen LogP contribution in [0, 0.1) is 17.7 Å². The molecule has 0 bridgehead atoms. The van der Waals surface area contributed by atoms with Crippen LogP contribution < -0.4 is 20.7 Å². The van der Waals surface area contributed by atoms with Crippen LogP contribution in [0.1, 0.15) is 16.9 Å². The van der Waals surface area contributed by atoms with E-state index in [0.717, 1.165) is 15.1 Å². The van der Waals surface area contributed by atoms with E-state index in [1.165, 1.54) is 29.8 Å². The quantitative estimate of drug-likeness (QED) is 0.252. The highest BCUT2D eigenvalue weighted by Gasteiger charge is 2.23. The van der Waals surface area contributed by atoms with Crippen molar-refractivity contribution in [3.05, 3.63) is 76.1 Å². The van der Waals surface area contributed by atoms with Gasteiger partial charge in [-0.3, -0.25) is 0 Å². The molecule has 188 valence electrons. The van der Waals surface area contributed by atoms with E-state index in [9.17, 15) is 9.18 Å². The summed E-state index contributed by atoms with van der Waals surface area (Å²) in [6.07, 6.45) is 1.06. The number of nitrogens with one attached hydrogen (secondary N) is 3. The van der Waals surface area contributed by atoms with Crippen molar-refractivity contribution in [3.63, 3.8) is 0 Å². The zero-order valence-corrected chi connectivity index (χ0v) is 20.9. The number of carbonyl (C=O) groups is 1. The number of benzene rings is 2.